The van der Waals surface area contributed by atoms with E-state index in [2.05, 4.69) is 5.32 Å². The molecule has 0 bridgehead atoms. The van der Waals surface area contributed by atoms with Gasteiger partial charge in [-0.15, -0.1) is 0 Å². The highest BCUT2D eigenvalue weighted by atomic mass is 35.5. The van der Waals surface area contributed by atoms with E-state index in [4.69, 9.17) is 32.4 Å². The number of amides is 1. The third-order valence-electron chi connectivity index (χ3n) is 3.19. The maximum atomic E-state index is 11.9. The average molecular weight is 356 g/mol. The van der Waals surface area contributed by atoms with Crippen LogP contribution in [0.2, 0.25) is 10.0 Å². The first-order valence-electron chi connectivity index (χ1n) is 7.44. The highest BCUT2D eigenvalue weighted by molar-refractivity contribution is 6.35. The molecule has 1 aromatic carbocycles. The van der Waals surface area contributed by atoms with Crippen molar-refractivity contribution in [3.05, 3.63) is 52.4 Å². The lowest BCUT2D eigenvalue weighted by molar-refractivity contribution is -0.121. The van der Waals surface area contributed by atoms with Crippen LogP contribution < -0.4 is 10.1 Å². The Morgan fingerprint density at radius 2 is 2.17 bits per heavy atom. The van der Waals surface area contributed by atoms with Gasteiger partial charge in [-0.1, -0.05) is 23.2 Å². The lowest BCUT2D eigenvalue weighted by Gasteiger charge is -2.13. The third-order valence-corrected chi connectivity index (χ3v) is 3.72. The number of benzene rings is 1. The second-order valence-electron chi connectivity index (χ2n) is 5.28. The van der Waals surface area contributed by atoms with E-state index in [1.165, 1.54) is 0 Å². The first-order valence-corrected chi connectivity index (χ1v) is 8.20. The molecule has 2 rings (SSSR count). The predicted molar refractivity (Wildman–Crippen MR) is 91.2 cm³/mol. The zero-order valence-electron chi connectivity index (χ0n) is 12.9. The summed E-state index contributed by atoms with van der Waals surface area (Å²) in [5.41, 5.74) is 0. The molecule has 2 aromatic rings. The van der Waals surface area contributed by atoms with E-state index < -0.39 is 0 Å². The van der Waals surface area contributed by atoms with Crippen LogP contribution in [0, 0.1) is 0 Å². The molecule has 1 heterocycles. The Bertz CT molecular complexity index is 629. The van der Waals surface area contributed by atoms with Crippen LogP contribution in [0.15, 0.2) is 41.0 Å². The summed E-state index contributed by atoms with van der Waals surface area (Å²) in [5, 5.41) is 3.97. The van der Waals surface area contributed by atoms with E-state index in [1.54, 1.807) is 24.5 Å². The average Bonchev–Trinajstić information content (AvgIpc) is 2.98. The van der Waals surface area contributed by atoms with Crippen molar-refractivity contribution >= 4 is 29.1 Å². The highest BCUT2D eigenvalue weighted by Crippen LogP contribution is 2.27. The quantitative estimate of drug-likeness (QED) is 0.709. The van der Waals surface area contributed by atoms with Crippen LogP contribution in [-0.4, -0.2) is 18.6 Å². The Labute approximate surface area is 145 Å². The van der Waals surface area contributed by atoms with Crippen molar-refractivity contribution in [2.24, 2.45) is 0 Å². The maximum Gasteiger partial charge on any atom is 0.220 e. The number of rotatable bonds is 8. The fourth-order valence-corrected chi connectivity index (χ4v) is 2.60. The van der Waals surface area contributed by atoms with Gasteiger partial charge in [-0.2, -0.15) is 0 Å². The summed E-state index contributed by atoms with van der Waals surface area (Å²) in [6.45, 7) is 2.37. The van der Waals surface area contributed by atoms with Gasteiger partial charge in [0.15, 0.2) is 0 Å². The second kappa shape index (κ2) is 8.85. The lowest BCUT2D eigenvalue weighted by Crippen LogP contribution is -2.34. The van der Waals surface area contributed by atoms with Crippen molar-refractivity contribution in [3.63, 3.8) is 0 Å². The molecule has 1 unspecified atom stereocenters. The first kappa shape index (κ1) is 17.7. The molecule has 0 spiro atoms. The van der Waals surface area contributed by atoms with Crippen LogP contribution in [0.1, 0.15) is 25.5 Å². The molecule has 1 aromatic heterocycles. The lowest BCUT2D eigenvalue weighted by atomic mass is 10.2. The van der Waals surface area contributed by atoms with E-state index in [0.717, 1.165) is 5.76 Å². The molecule has 4 nitrogen and oxygen atoms in total. The molecular formula is C17H19Cl2NO3. The molecule has 0 radical (unpaired) electrons. The van der Waals surface area contributed by atoms with Gasteiger partial charge in [-0.05, 0) is 43.7 Å². The highest BCUT2D eigenvalue weighted by Gasteiger charge is 2.10. The number of ether oxygens (including phenoxy) is 1. The zero-order chi connectivity index (χ0) is 16.7. The number of furan rings is 1. The molecule has 0 aliphatic heterocycles. The zero-order valence-corrected chi connectivity index (χ0v) is 14.4. The van der Waals surface area contributed by atoms with Crippen molar-refractivity contribution in [2.75, 3.05) is 6.61 Å². The van der Waals surface area contributed by atoms with Gasteiger partial charge >= 0.3 is 0 Å². The minimum absolute atomic E-state index is 0.00476. The molecule has 0 aliphatic rings. The second-order valence-corrected chi connectivity index (χ2v) is 6.12. The summed E-state index contributed by atoms with van der Waals surface area (Å²) in [6.07, 6.45) is 3.31. The molecular weight excluding hydrogens is 337 g/mol. The van der Waals surface area contributed by atoms with Crippen LogP contribution in [0.5, 0.6) is 5.75 Å². The maximum absolute atomic E-state index is 11.9. The van der Waals surface area contributed by atoms with Crippen molar-refractivity contribution in [2.45, 2.75) is 32.2 Å². The van der Waals surface area contributed by atoms with Gasteiger partial charge in [0, 0.05) is 23.9 Å². The van der Waals surface area contributed by atoms with Crippen LogP contribution in [0.4, 0.5) is 0 Å². The van der Waals surface area contributed by atoms with Crippen molar-refractivity contribution in [1.29, 1.82) is 0 Å². The molecule has 0 aliphatic carbocycles. The van der Waals surface area contributed by atoms with E-state index in [1.807, 2.05) is 19.1 Å². The van der Waals surface area contributed by atoms with Gasteiger partial charge in [0.2, 0.25) is 5.91 Å². The molecule has 0 saturated heterocycles. The molecule has 6 heteroatoms. The summed E-state index contributed by atoms with van der Waals surface area (Å²) in [7, 11) is 0. The molecule has 23 heavy (non-hydrogen) atoms. The van der Waals surface area contributed by atoms with Crippen LogP contribution in [0.3, 0.4) is 0 Å². The van der Waals surface area contributed by atoms with Crippen molar-refractivity contribution in [1.82, 2.24) is 5.32 Å². The Morgan fingerprint density at radius 1 is 1.35 bits per heavy atom. The molecule has 1 amide bonds. The minimum Gasteiger partial charge on any atom is -0.492 e. The number of nitrogens with one attached hydrogen (secondary N) is 1. The summed E-state index contributed by atoms with van der Waals surface area (Å²) in [4.78, 5) is 11.9. The molecule has 1 N–H and O–H groups in total. The summed E-state index contributed by atoms with van der Waals surface area (Å²) < 4.78 is 10.8. The molecule has 124 valence electrons. The molecule has 1 atom stereocenters. The van der Waals surface area contributed by atoms with E-state index >= 15 is 0 Å². The van der Waals surface area contributed by atoms with Gasteiger partial charge in [0.25, 0.3) is 0 Å². The summed E-state index contributed by atoms with van der Waals surface area (Å²) in [5.74, 6) is 1.43. The minimum atomic E-state index is -0.00476. The Kier molecular flexibility index (Phi) is 6.81. The third kappa shape index (κ3) is 6.16. The van der Waals surface area contributed by atoms with Gasteiger partial charge in [-0.25, -0.2) is 0 Å². The number of hydrogen-bond donors (Lipinski definition) is 1. The molecule has 0 saturated carbocycles. The van der Waals surface area contributed by atoms with E-state index in [9.17, 15) is 4.79 Å². The van der Waals surface area contributed by atoms with Crippen molar-refractivity contribution < 1.29 is 13.9 Å². The fourth-order valence-electron chi connectivity index (χ4n) is 2.14. The Balaban J connectivity index is 1.64. The normalized spacial score (nSPS) is 12.0. The first-order chi connectivity index (χ1) is 11.0. The number of carbonyl (C=O) groups is 1. The van der Waals surface area contributed by atoms with Crippen LogP contribution >= 0.6 is 23.2 Å². The summed E-state index contributed by atoms with van der Waals surface area (Å²) in [6, 6.07) is 8.82. The van der Waals surface area contributed by atoms with Crippen LogP contribution in [0.25, 0.3) is 0 Å². The van der Waals surface area contributed by atoms with Crippen LogP contribution in [-0.2, 0) is 11.2 Å². The topological polar surface area (TPSA) is 51.5 Å². The van der Waals surface area contributed by atoms with Gasteiger partial charge in [0.05, 0.1) is 17.9 Å². The Morgan fingerprint density at radius 3 is 2.87 bits per heavy atom. The SMILES string of the molecule is CC(Cc1ccco1)NC(=O)CCCOc1ccc(Cl)cc1Cl. The van der Waals surface area contributed by atoms with Gasteiger partial charge in [-0.3, -0.25) is 4.79 Å². The predicted octanol–water partition coefficient (Wildman–Crippen LogP) is 4.49. The van der Waals surface area contributed by atoms with E-state index in [-0.39, 0.29) is 11.9 Å². The van der Waals surface area contributed by atoms with Gasteiger partial charge < -0.3 is 14.5 Å². The van der Waals surface area contributed by atoms with Gasteiger partial charge in [0.1, 0.15) is 11.5 Å². The number of carbonyl (C=O) groups excluding carboxylic acids is 1. The smallest absolute Gasteiger partial charge is 0.220 e. The largest absolute Gasteiger partial charge is 0.492 e. The fraction of sp³-hybridized carbons (Fsp3) is 0.353. The van der Waals surface area contributed by atoms with E-state index in [0.29, 0.717) is 41.7 Å². The molecule has 0 fully saturated rings. The summed E-state index contributed by atoms with van der Waals surface area (Å²) >= 11 is 11.8. The standard InChI is InChI=1S/C17H19Cl2NO3/c1-12(10-14-4-2-8-22-14)20-17(21)5-3-9-23-16-7-6-13(18)11-15(16)19/h2,4,6-8,11-12H,3,5,9-10H2,1H3,(H,20,21). The number of halogens is 2. The van der Waals surface area contributed by atoms with Crippen molar-refractivity contribution in [3.8, 4) is 5.75 Å². The number of hydrogen-bond acceptors (Lipinski definition) is 3. The monoisotopic (exact) mass is 355 g/mol. The Hall–Kier alpha value is -1.65.